The molecule has 0 spiro atoms. The third kappa shape index (κ3) is 5.81. The van der Waals surface area contributed by atoms with E-state index in [1.165, 1.54) is 11.3 Å². The minimum Gasteiger partial charge on any atom is -0.457 e. The van der Waals surface area contributed by atoms with E-state index in [0.717, 1.165) is 10.2 Å². The summed E-state index contributed by atoms with van der Waals surface area (Å²) in [6.45, 7) is 5.34. The lowest BCUT2D eigenvalue weighted by Gasteiger charge is -2.20. The molecule has 0 saturated carbocycles. The number of aromatic nitrogens is 1. The largest absolute Gasteiger partial charge is 0.457 e. The van der Waals surface area contributed by atoms with Gasteiger partial charge in [-0.25, -0.2) is 9.78 Å². The molecule has 174 valence electrons. The SMILES string of the molecule is CC(C)(C)OC(=O)Nc1ccccc1NC(=O)c1ccc(Oc2ccc3nc(N)sc3c2)cc1. The van der Waals surface area contributed by atoms with Crippen LogP contribution in [0.3, 0.4) is 0 Å². The summed E-state index contributed by atoms with van der Waals surface area (Å²) in [5.41, 5.74) is 7.27. The van der Waals surface area contributed by atoms with E-state index < -0.39 is 11.7 Å². The highest BCUT2D eigenvalue weighted by molar-refractivity contribution is 7.22. The molecule has 0 radical (unpaired) electrons. The molecular weight excluding hydrogens is 452 g/mol. The molecule has 8 nitrogen and oxygen atoms in total. The van der Waals surface area contributed by atoms with Crippen LogP contribution in [0.15, 0.2) is 66.7 Å². The number of hydrogen-bond donors (Lipinski definition) is 3. The fourth-order valence-corrected chi connectivity index (χ4v) is 3.87. The normalized spacial score (nSPS) is 11.1. The van der Waals surface area contributed by atoms with Crippen molar-refractivity contribution in [3.63, 3.8) is 0 Å². The topological polar surface area (TPSA) is 116 Å². The Morgan fingerprint density at radius 2 is 1.56 bits per heavy atom. The van der Waals surface area contributed by atoms with Crippen molar-refractivity contribution in [1.82, 2.24) is 4.98 Å². The van der Waals surface area contributed by atoms with Crippen LogP contribution in [0.25, 0.3) is 10.2 Å². The summed E-state index contributed by atoms with van der Waals surface area (Å²) in [5, 5.41) is 5.99. The molecule has 0 bridgehead atoms. The Morgan fingerprint density at radius 3 is 2.24 bits per heavy atom. The van der Waals surface area contributed by atoms with Gasteiger partial charge in [0.25, 0.3) is 5.91 Å². The van der Waals surface area contributed by atoms with Crippen molar-refractivity contribution in [3.05, 3.63) is 72.3 Å². The number of rotatable bonds is 5. The highest BCUT2D eigenvalue weighted by Gasteiger charge is 2.18. The van der Waals surface area contributed by atoms with Gasteiger partial charge in [-0.15, -0.1) is 0 Å². The highest BCUT2D eigenvalue weighted by atomic mass is 32.1. The van der Waals surface area contributed by atoms with Gasteiger partial charge >= 0.3 is 6.09 Å². The number of thiazole rings is 1. The number of nitrogens with zero attached hydrogens (tertiary/aromatic N) is 1. The van der Waals surface area contributed by atoms with E-state index in [-0.39, 0.29) is 5.91 Å². The predicted octanol–water partition coefficient (Wildman–Crippen LogP) is 6.27. The fourth-order valence-electron chi connectivity index (χ4n) is 3.11. The van der Waals surface area contributed by atoms with Gasteiger partial charge in [0.15, 0.2) is 5.13 Å². The zero-order valence-corrected chi connectivity index (χ0v) is 19.7. The maximum atomic E-state index is 12.8. The maximum absolute atomic E-state index is 12.8. The van der Waals surface area contributed by atoms with Crippen LogP contribution in [0.4, 0.5) is 21.3 Å². The summed E-state index contributed by atoms with van der Waals surface area (Å²) >= 11 is 1.39. The number of benzene rings is 3. The number of hydrogen-bond acceptors (Lipinski definition) is 7. The van der Waals surface area contributed by atoms with Crippen LogP contribution in [-0.4, -0.2) is 22.6 Å². The molecule has 1 heterocycles. The van der Waals surface area contributed by atoms with E-state index in [9.17, 15) is 9.59 Å². The molecule has 0 unspecified atom stereocenters. The predicted molar refractivity (Wildman–Crippen MR) is 135 cm³/mol. The average molecular weight is 477 g/mol. The van der Waals surface area contributed by atoms with Gasteiger partial charge in [0.2, 0.25) is 0 Å². The van der Waals surface area contributed by atoms with Gasteiger partial charge in [-0.3, -0.25) is 10.1 Å². The summed E-state index contributed by atoms with van der Waals surface area (Å²) in [6.07, 6.45) is -0.602. The molecule has 9 heteroatoms. The number of fused-ring (bicyclic) bond motifs is 1. The number of nitrogen functional groups attached to an aromatic ring is 1. The van der Waals surface area contributed by atoms with Crippen LogP contribution in [0.1, 0.15) is 31.1 Å². The monoisotopic (exact) mass is 476 g/mol. The lowest BCUT2D eigenvalue weighted by atomic mass is 10.2. The first-order chi connectivity index (χ1) is 16.2. The minimum absolute atomic E-state index is 0.327. The molecule has 4 N–H and O–H groups in total. The van der Waals surface area contributed by atoms with Crippen LogP contribution < -0.4 is 21.1 Å². The zero-order chi connectivity index (χ0) is 24.3. The molecule has 0 aliphatic heterocycles. The van der Waals surface area contributed by atoms with Crippen molar-refractivity contribution in [3.8, 4) is 11.5 Å². The van der Waals surface area contributed by atoms with Gasteiger partial charge in [-0.2, -0.15) is 0 Å². The number of para-hydroxylation sites is 2. The Kier molecular flexibility index (Phi) is 6.38. The van der Waals surface area contributed by atoms with E-state index in [2.05, 4.69) is 15.6 Å². The van der Waals surface area contributed by atoms with Crippen LogP contribution in [0, 0.1) is 0 Å². The number of ether oxygens (including phenoxy) is 2. The Morgan fingerprint density at radius 1 is 0.912 bits per heavy atom. The lowest BCUT2D eigenvalue weighted by molar-refractivity contribution is 0.0635. The third-order valence-corrected chi connectivity index (χ3v) is 5.39. The lowest BCUT2D eigenvalue weighted by Crippen LogP contribution is -2.27. The molecular formula is C25H24N4O4S. The molecule has 0 aliphatic carbocycles. The van der Waals surface area contributed by atoms with Crippen molar-refractivity contribution in [1.29, 1.82) is 0 Å². The van der Waals surface area contributed by atoms with Crippen molar-refractivity contribution in [2.75, 3.05) is 16.4 Å². The van der Waals surface area contributed by atoms with Crippen LogP contribution in [-0.2, 0) is 4.74 Å². The van der Waals surface area contributed by atoms with Crippen molar-refractivity contribution in [2.45, 2.75) is 26.4 Å². The second kappa shape index (κ2) is 9.40. The molecule has 4 aromatic rings. The number of carbonyl (C=O) groups excluding carboxylic acids is 2. The average Bonchev–Trinajstić information content (AvgIpc) is 3.13. The molecule has 0 aliphatic rings. The van der Waals surface area contributed by atoms with Gasteiger partial charge in [0.1, 0.15) is 17.1 Å². The molecule has 0 saturated heterocycles. The van der Waals surface area contributed by atoms with Gasteiger partial charge in [-0.1, -0.05) is 23.5 Å². The number of carbonyl (C=O) groups is 2. The molecule has 0 atom stereocenters. The van der Waals surface area contributed by atoms with Crippen molar-refractivity contribution < 1.29 is 19.1 Å². The number of nitrogens with two attached hydrogens (primary N) is 1. The number of nitrogens with one attached hydrogen (secondary N) is 2. The van der Waals surface area contributed by atoms with Crippen molar-refractivity contribution >= 4 is 50.1 Å². The van der Waals surface area contributed by atoms with E-state index in [0.29, 0.717) is 33.6 Å². The van der Waals surface area contributed by atoms with E-state index in [1.54, 1.807) is 69.3 Å². The van der Waals surface area contributed by atoms with Crippen LogP contribution in [0.2, 0.25) is 0 Å². The summed E-state index contributed by atoms with van der Waals surface area (Å²) in [4.78, 5) is 29.1. The third-order valence-electron chi connectivity index (χ3n) is 4.54. The molecule has 34 heavy (non-hydrogen) atoms. The second-order valence-corrected chi connectivity index (χ2v) is 9.50. The summed E-state index contributed by atoms with van der Waals surface area (Å²) < 4.78 is 12.1. The van der Waals surface area contributed by atoms with Gasteiger partial charge in [-0.05, 0) is 69.3 Å². The first-order valence-electron chi connectivity index (χ1n) is 10.5. The van der Waals surface area contributed by atoms with Crippen LogP contribution >= 0.6 is 11.3 Å². The molecule has 4 rings (SSSR count). The molecule has 2 amide bonds. The zero-order valence-electron chi connectivity index (χ0n) is 18.9. The smallest absolute Gasteiger partial charge is 0.412 e. The number of amides is 2. The quantitative estimate of drug-likeness (QED) is 0.313. The van der Waals surface area contributed by atoms with E-state index >= 15 is 0 Å². The second-order valence-electron chi connectivity index (χ2n) is 8.43. The molecule has 0 fully saturated rings. The first-order valence-corrected chi connectivity index (χ1v) is 11.3. The highest BCUT2D eigenvalue weighted by Crippen LogP contribution is 2.30. The summed E-state index contributed by atoms with van der Waals surface area (Å²) in [6, 6.07) is 19.2. The molecule has 1 aromatic heterocycles. The van der Waals surface area contributed by atoms with E-state index in [4.69, 9.17) is 15.2 Å². The van der Waals surface area contributed by atoms with Gasteiger partial charge in [0, 0.05) is 11.6 Å². The first kappa shape index (κ1) is 23.1. The minimum atomic E-state index is -0.633. The number of anilines is 3. The van der Waals surface area contributed by atoms with Crippen LogP contribution in [0.5, 0.6) is 11.5 Å². The summed E-state index contributed by atoms with van der Waals surface area (Å²) in [5.74, 6) is 0.905. The Labute approximate surface area is 200 Å². The fraction of sp³-hybridized carbons (Fsp3) is 0.160. The molecule has 3 aromatic carbocycles. The Balaban J connectivity index is 1.42. The van der Waals surface area contributed by atoms with Crippen molar-refractivity contribution in [2.24, 2.45) is 0 Å². The van der Waals surface area contributed by atoms with Gasteiger partial charge < -0.3 is 20.5 Å². The standard InChI is InChI=1S/C25H24N4O4S/c1-25(2,3)33-24(31)29-19-7-5-4-6-18(19)27-22(30)15-8-10-16(11-9-15)32-17-12-13-20-21(14-17)34-23(26)28-20/h4-14H,1-3H3,(H2,26,28)(H,27,30)(H,29,31). The maximum Gasteiger partial charge on any atom is 0.412 e. The Hall–Kier alpha value is -4.11. The van der Waals surface area contributed by atoms with E-state index in [1.807, 2.05) is 18.2 Å². The Bertz CT molecular complexity index is 1340. The van der Waals surface area contributed by atoms with Gasteiger partial charge in [0.05, 0.1) is 21.6 Å². The summed E-state index contributed by atoms with van der Waals surface area (Å²) in [7, 11) is 0.